The summed E-state index contributed by atoms with van der Waals surface area (Å²) in [5, 5.41) is 11.7. The minimum atomic E-state index is -0.436. The van der Waals surface area contributed by atoms with Gasteiger partial charge in [0.25, 0.3) is 0 Å². The van der Waals surface area contributed by atoms with Gasteiger partial charge in [-0.2, -0.15) is 10.2 Å². The van der Waals surface area contributed by atoms with Crippen LogP contribution < -0.4 is 14.8 Å². The van der Waals surface area contributed by atoms with Crippen LogP contribution >= 0.6 is 0 Å². The quantitative estimate of drug-likeness (QED) is 0.781. The molecule has 0 aliphatic carbocycles. The van der Waals surface area contributed by atoms with E-state index in [9.17, 15) is 4.79 Å². The molecule has 0 fully saturated rings. The third-order valence-corrected chi connectivity index (χ3v) is 4.42. The zero-order valence-corrected chi connectivity index (χ0v) is 14.3. The summed E-state index contributed by atoms with van der Waals surface area (Å²) in [6.45, 7) is 4.39. The van der Waals surface area contributed by atoms with E-state index in [4.69, 9.17) is 9.47 Å². The molecule has 1 aromatic carbocycles. The Labute approximate surface area is 144 Å². The molecule has 0 saturated heterocycles. The molecule has 0 spiro atoms. The zero-order chi connectivity index (χ0) is 17.6. The summed E-state index contributed by atoms with van der Waals surface area (Å²) in [5.74, 6) is 1.33. The Morgan fingerprint density at radius 1 is 1.36 bits per heavy atom. The molecule has 1 atom stereocenters. The first-order valence-corrected chi connectivity index (χ1v) is 8.07. The number of aryl methyl sites for hydroxylation is 2. The van der Waals surface area contributed by atoms with Crippen LogP contribution in [0.4, 0.5) is 0 Å². The van der Waals surface area contributed by atoms with Crippen molar-refractivity contribution in [2.45, 2.75) is 26.4 Å². The molecule has 3 aromatic rings. The van der Waals surface area contributed by atoms with E-state index >= 15 is 0 Å². The second kappa shape index (κ2) is 5.80. The van der Waals surface area contributed by atoms with Crippen molar-refractivity contribution in [3.8, 4) is 11.5 Å². The Kier molecular flexibility index (Phi) is 3.60. The van der Waals surface area contributed by atoms with Crippen LogP contribution in [0.5, 0.6) is 11.5 Å². The summed E-state index contributed by atoms with van der Waals surface area (Å²) in [6, 6.07) is 5.21. The Hall–Kier alpha value is -3.03. The van der Waals surface area contributed by atoms with Crippen LogP contribution in [0.25, 0.3) is 11.0 Å². The first-order chi connectivity index (χ1) is 12.0. The molecule has 0 saturated carbocycles. The van der Waals surface area contributed by atoms with Crippen LogP contribution in [-0.2, 0) is 18.4 Å². The number of nitrogens with one attached hydrogen (secondary N) is 1. The third-order valence-electron chi connectivity index (χ3n) is 4.42. The first-order valence-electron chi connectivity index (χ1n) is 8.07. The van der Waals surface area contributed by atoms with Gasteiger partial charge in [0, 0.05) is 13.6 Å². The standard InChI is InChI=1S/C17H19N5O3/c1-10-16-13(21(3)20-10)8-19-22(16)11(2)17(23)18-7-12-4-5-14-15(6-12)25-9-24-14/h4-6,8,11H,7,9H2,1-3H3,(H,18,23)/t11-/m1/s1. The number of aromatic nitrogens is 4. The van der Waals surface area contributed by atoms with E-state index < -0.39 is 6.04 Å². The van der Waals surface area contributed by atoms with Crippen molar-refractivity contribution < 1.29 is 14.3 Å². The number of carbonyl (C=O) groups is 1. The molecule has 1 amide bonds. The van der Waals surface area contributed by atoms with Crippen molar-refractivity contribution in [1.82, 2.24) is 24.9 Å². The normalized spacial score (nSPS) is 14.0. The number of hydrogen-bond acceptors (Lipinski definition) is 5. The number of carbonyl (C=O) groups excluding carboxylic acids is 1. The minimum absolute atomic E-state index is 0.106. The smallest absolute Gasteiger partial charge is 0.244 e. The molecule has 2 aromatic heterocycles. The highest BCUT2D eigenvalue weighted by Crippen LogP contribution is 2.32. The predicted molar refractivity (Wildman–Crippen MR) is 90.4 cm³/mol. The Morgan fingerprint density at radius 2 is 2.16 bits per heavy atom. The van der Waals surface area contributed by atoms with E-state index in [1.54, 1.807) is 15.6 Å². The van der Waals surface area contributed by atoms with E-state index in [0.717, 1.165) is 28.0 Å². The van der Waals surface area contributed by atoms with Crippen LogP contribution in [0, 0.1) is 6.92 Å². The largest absolute Gasteiger partial charge is 0.454 e. The monoisotopic (exact) mass is 341 g/mol. The maximum atomic E-state index is 12.6. The van der Waals surface area contributed by atoms with Crippen LogP contribution in [0.1, 0.15) is 24.2 Å². The van der Waals surface area contributed by atoms with Gasteiger partial charge in [0.15, 0.2) is 11.5 Å². The van der Waals surface area contributed by atoms with Crippen molar-refractivity contribution in [3.63, 3.8) is 0 Å². The molecule has 8 heteroatoms. The molecule has 1 aliphatic rings. The summed E-state index contributed by atoms with van der Waals surface area (Å²) < 4.78 is 14.1. The SMILES string of the molecule is Cc1nn(C)c2cnn([C@H](C)C(=O)NCc3ccc4c(c3)OCO4)c12. The summed E-state index contributed by atoms with van der Waals surface area (Å²) in [7, 11) is 1.87. The highest BCUT2D eigenvalue weighted by molar-refractivity contribution is 5.84. The number of rotatable bonds is 4. The molecule has 25 heavy (non-hydrogen) atoms. The van der Waals surface area contributed by atoms with Gasteiger partial charge in [-0.3, -0.25) is 9.48 Å². The van der Waals surface area contributed by atoms with Gasteiger partial charge >= 0.3 is 0 Å². The number of amides is 1. The van der Waals surface area contributed by atoms with E-state index in [-0.39, 0.29) is 12.7 Å². The van der Waals surface area contributed by atoms with Gasteiger partial charge in [0.2, 0.25) is 12.7 Å². The summed E-state index contributed by atoms with van der Waals surface area (Å²) >= 11 is 0. The maximum Gasteiger partial charge on any atom is 0.244 e. The van der Waals surface area contributed by atoms with Crippen molar-refractivity contribution in [3.05, 3.63) is 35.7 Å². The van der Waals surface area contributed by atoms with Crippen LogP contribution in [0.2, 0.25) is 0 Å². The van der Waals surface area contributed by atoms with Gasteiger partial charge in [-0.05, 0) is 31.5 Å². The Balaban J connectivity index is 1.48. The number of ether oxygens (including phenoxy) is 2. The second-order valence-corrected chi connectivity index (χ2v) is 6.11. The molecule has 3 heterocycles. The topological polar surface area (TPSA) is 83.2 Å². The average molecular weight is 341 g/mol. The van der Waals surface area contributed by atoms with E-state index in [0.29, 0.717) is 12.3 Å². The van der Waals surface area contributed by atoms with Crippen molar-refractivity contribution >= 4 is 16.9 Å². The number of hydrogen-bond donors (Lipinski definition) is 1. The molecule has 0 unspecified atom stereocenters. The zero-order valence-electron chi connectivity index (χ0n) is 14.3. The molecule has 4 rings (SSSR count). The van der Waals surface area contributed by atoms with Crippen LogP contribution in [-0.4, -0.2) is 32.3 Å². The van der Waals surface area contributed by atoms with Crippen molar-refractivity contribution in [1.29, 1.82) is 0 Å². The fraction of sp³-hybridized carbons (Fsp3) is 0.353. The molecular formula is C17H19N5O3. The number of nitrogens with zero attached hydrogens (tertiary/aromatic N) is 4. The molecule has 0 bridgehead atoms. The van der Waals surface area contributed by atoms with Crippen molar-refractivity contribution in [2.75, 3.05) is 6.79 Å². The molecule has 130 valence electrons. The molecule has 0 radical (unpaired) electrons. The van der Waals surface area contributed by atoms with E-state index in [1.807, 2.05) is 39.1 Å². The first kappa shape index (κ1) is 15.5. The molecule has 8 nitrogen and oxygen atoms in total. The van der Waals surface area contributed by atoms with Crippen LogP contribution in [0.15, 0.2) is 24.4 Å². The highest BCUT2D eigenvalue weighted by Gasteiger charge is 2.21. The van der Waals surface area contributed by atoms with Gasteiger partial charge in [-0.1, -0.05) is 6.07 Å². The molecular weight excluding hydrogens is 322 g/mol. The van der Waals surface area contributed by atoms with Gasteiger partial charge in [-0.25, -0.2) is 4.68 Å². The maximum absolute atomic E-state index is 12.6. The Morgan fingerprint density at radius 3 is 3.00 bits per heavy atom. The lowest BCUT2D eigenvalue weighted by molar-refractivity contribution is -0.124. The number of fused-ring (bicyclic) bond motifs is 2. The lowest BCUT2D eigenvalue weighted by Gasteiger charge is -2.14. The number of benzene rings is 1. The van der Waals surface area contributed by atoms with Gasteiger partial charge in [-0.15, -0.1) is 0 Å². The minimum Gasteiger partial charge on any atom is -0.454 e. The fourth-order valence-electron chi connectivity index (χ4n) is 3.06. The van der Waals surface area contributed by atoms with Gasteiger partial charge < -0.3 is 14.8 Å². The predicted octanol–water partition coefficient (Wildman–Crippen LogP) is 1.68. The van der Waals surface area contributed by atoms with Crippen LogP contribution in [0.3, 0.4) is 0 Å². The van der Waals surface area contributed by atoms with E-state index in [1.165, 1.54) is 0 Å². The summed E-state index contributed by atoms with van der Waals surface area (Å²) in [4.78, 5) is 12.6. The third kappa shape index (κ3) is 2.59. The lowest BCUT2D eigenvalue weighted by atomic mass is 10.2. The Bertz CT molecular complexity index is 959. The molecule has 1 aliphatic heterocycles. The summed E-state index contributed by atoms with van der Waals surface area (Å²) in [5.41, 5.74) is 3.60. The van der Waals surface area contributed by atoms with Gasteiger partial charge in [0.05, 0.1) is 11.9 Å². The van der Waals surface area contributed by atoms with E-state index in [2.05, 4.69) is 15.5 Å². The lowest BCUT2D eigenvalue weighted by Crippen LogP contribution is -2.31. The fourth-order valence-corrected chi connectivity index (χ4v) is 3.06. The molecule has 1 N–H and O–H groups in total. The van der Waals surface area contributed by atoms with Gasteiger partial charge in [0.1, 0.15) is 17.1 Å². The average Bonchev–Trinajstić information content (AvgIpc) is 3.29. The van der Waals surface area contributed by atoms with Crippen molar-refractivity contribution in [2.24, 2.45) is 7.05 Å². The highest BCUT2D eigenvalue weighted by atomic mass is 16.7. The summed E-state index contributed by atoms with van der Waals surface area (Å²) in [6.07, 6.45) is 1.73. The second-order valence-electron chi connectivity index (χ2n) is 6.11.